The van der Waals surface area contributed by atoms with Gasteiger partial charge in [-0.25, -0.2) is 0 Å². The molecule has 6 heteroatoms. The monoisotopic (exact) mass is 351 g/mol. The van der Waals surface area contributed by atoms with Crippen LogP contribution in [0.5, 0.6) is 0 Å². The van der Waals surface area contributed by atoms with Crippen LogP contribution < -0.4 is 5.32 Å². The standard InChI is InChI=1S/C19H17N3O2S/c1-12(2)18-21-22-19(25-18)20-17(24)15-11-7-6-10-14(15)16(23)13-8-4-3-5-9-13/h3-12H,1-2H3,(H,20,22,24). The van der Waals surface area contributed by atoms with Crippen molar-refractivity contribution in [3.05, 3.63) is 76.3 Å². The summed E-state index contributed by atoms with van der Waals surface area (Å²) in [5, 5.41) is 12.1. The molecule has 0 radical (unpaired) electrons. The first-order valence-electron chi connectivity index (χ1n) is 7.90. The highest BCUT2D eigenvalue weighted by molar-refractivity contribution is 7.15. The molecule has 126 valence electrons. The summed E-state index contributed by atoms with van der Waals surface area (Å²) in [4.78, 5) is 25.3. The lowest BCUT2D eigenvalue weighted by atomic mass is 9.98. The molecule has 2 aromatic carbocycles. The van der Waals surface area contributed by atoms with Crippen LogP contribution >= 0.6 is 11.3 Å². The van der Waals surface area contributed by atoms with Gasteiger partial charge in [0.2, 0.25) is 5.13 Å². The van der Waals surface area contributed by atoms with Crippen LogP contribution in [0.15, 0.2) is 54.6 Å². The third-order valence-corrected chi connectivity index (χ3v) is 4.75. The van der Waals surface area contributed by atoms with E-state index in [1.54, 1.807) is 48.5 Å². The molecule has 0 spiro atoms. The Balaban J connectivity index is 1.87. The average molecular weight is 351 g/mol. The van der Waals surface area contributed by atoms with Gasteiger partial charge in [0.25, 0.3) is 5.91 Å². The normalized spacial score (nSPS) is 10.7. The van der Waals surface area contributed by atoms with E-state index in [4.69, 9.17) is 0 Å². The van der Waals surface area contributed by atoms with Gasteiger partial charge in [0.05, 0.1) is 5.56 Å². The Kier molecular flexibility index (Phi) is 5.00. The minimum absolute atomic E-state index is 0.188. The highest BCUT2D eigenvalue weighted by Gasteiger charge is 2.19. The van der Waals surface area contributed by atoms with Gasteiger partial charge in [0.1, 0.15) is 5.01 Å². The molecule has 0 fully saturated rings. The van der Waals surface area contributed by atoms with Crippen LogP contribution in [0.1, 0.15) is 51.1 Å². The SMILES string of the molecule is CC(C)c1nnc(NC(=O)c2ccccc2C(=O)c2ccccc2)s1. The first-order chi connectivity index (χ1) is 12.1. The molecule has 0 bridgehead atoms. The van der Waals surface area contributed by atoms with Gasteiger partial charge in [-0.15, -0.1) is 10.2 Å². The molecule has 0 saturated heterocycles. The fourth-order valence-corrected chi connectivity index (χ4v) is 3.05. The Morgan fingerprint density at radius 2 is 1.56 bits per heavy atom. The molecule has 3 rings (SSSR count). The van der Waals surface area contributed by atoms with E-state index in [0.717, 1.165) is 5.01 Å². The maximum Gasteiger partial charge on any atom is 0.258 e. The highest BCUT2D eigenvalue weighted by Crippen LogP contribution is 2.23. The van der Waals surface area contributed by atoms with E-state index in [-0.39, 0.29) is 17.6 Å². The molecule has 5 nitrogen and oxygen atoms in total. The Bertz CT molecular complexity index is 904. The van der Waals surface area contributed by atoms with Gasteiger partial charge in [-0.1, -0.05) is 73.7 Å². The first kappa shape index (κ1) is 17.0. The van der Waals surface area contributed by atoms with Gasteiger partial charge in [-0.05, 0) is 6.07 Å². The van der Waals surface area contributed by atoms with Crippen molar-refractivity contribution < 1.29 is 9.59 Å². The summed E-state index contributed by atoms with van der Waals surface area (Å²) in [6.07, 6.45) is 0. The molecule has 1 N–H and O–H groups in total. The molecule has 1 aromatic heterocycles. The van der Waals surface area contributed by atoms with Crippen LogP contribution in [-0.2, 0) is 0 Å². The number of aromatic nitrogens is 2. The zero-order valence-corrected chi connectivity index (χ0v) is 14.7. The van der Waals surface area contributed by atoms with Gasteiger partial charge < -0.3 is 0 Å². The molecule has 25 heavy (non-hydrogen) atoms. The summed E-state index contributed by atoms with van der Waals surface area (Å²) in [6.45, 7) is 4.03. The molecule has 0 aliphatic carbocycles. The lowest BCUT2D eigenvalue weighted by Crippen LogP contribution is -2.16. The van der Waals surface area contributed by atoms with E-state index in [2.05, 4.69) is 15.5 Å². The number of hydrogen-bond acceptors (Lipinski definition) is 5. The van der Waals surface area contributed by atoms with Crippen molar-refractivity contribution in [1.29, 1.82) is 0 Å². The van der Waals surface area contributed by atoms with Crippen molar-refractivity contribution in [1.82, 2.24) is 10.2 Å². The van der Waals surface area contributed by atoms with E-state index >= 15 is 0 Å². The number of ketones is 1. The van der Waals surface area contributed by atoms with E-state index < -0.39 is 0 Å². The second-order valence-electron chi connectivity index (χ2n) is 5.80. The summed E-state index contributed by atoms with van der Waals surface area (Å²) in [6, 6.07) is 15.7. The molecule has 1 heterocycles. The second-order valence-corrected chi connectivity index (χ2v) is 6.80. The summed E-state index contributed by atoms with van der Waals surface area (Å²) in [7, 11) is 0. The van der Waals surface area contributed by atoms with Crippen molar-refractivity contribution in [2.45, 2.75) is 19.8 Å². The smallest absolute Gasteiger partial charge is 0.258 e. The number of nitrogens with one attached hydrogen (secondary N) is 1. The lowest BCUT2D eigenvalue weighted by molar-refractivity contribution is 0.0996. The van der Waals surface area contributed by atoms with Crippen molar-refractivity contribution in [2.24, 2.45) is 0 Å². The van der Waals surface area contributed by atoms with Crippen molar-refractivity contribution in [2.75, 3.05) is 5.32 Å². The van der Waals surface area contributed by atoms with Crippen molar-refractivity contribution in [3.63, 3.8) is 0 Å². The Hall–Kier alpha value is -2.86. The zero-order chi connectivity index (χ0) is 17.8. The third-order valence-electron chi connectivity index (χ3n) is 3.61. The van der Waals surface area contributed by atoms with E-state index in [1.807, 2.05) is 19.9 Å². The summed E-state index contributed by atoms with van der Waals surface area (Å²) >= 11 is 1.34. The van der Waals surface area contributed by atoms with E-state index in [9.17, 15) is 9.59 Å². The van der Waals surface area contributed by atoms with Gasteiger partial charge in [-0.2, -0.15) is 0 Å². The minimum Gasteiger partial charge on any atom is -0.296 e. The Labute approximate surface area is 149 Å². The molecule has 0 aliphatic rings. The molecular formula is C19H17N3O2S. The highest BCUT2D eigenvalue weighted by atomic mass is 32.1. The van der Waals surface area contributed by atoms with Crippen molar-refractivity contribution in [3.8, 4) is 0 Å². The molecule has 1 amide bonds. The third kappa shape index (κ3) is 3.80. The van der Waals surface area contributed by atoms with Gasteiger partial charge >= 0.3 is 0 Å². The van der Waals surface area contributed by atoms with Crippen LogP contribution in [0.25, 0.3) is 0 Å². The predicted octanol–water partition coefficient (Wildman–Crippen LogP) is 4.14. The Morgan fingerprint density at radius 1 is 0.920 bits per heavy atom. The number of carbonyl (C=O) groups excluding carboxylic acids is 2. The molecule has 0 saturated carbocycles. The average Bonchev–Trinajstić information content (AvgIpc) is 3.10. The quantitative estimate of drug-likeness (QED) is 0.701. The zero-order valence-electron chi connectivity index (χ0n) is 13.9. The van der Waals surface area contributed by atoms with Gasteiger partial charge in [-0.3, -0.25) is 14.9 Å². The van der Waals surface area contributed by atoms with E-state index in [1.165, 1.54) is 11.3 Å². The number of nitrogens with zero attached hydrogens (tertiary/aromatic N) is 2. The van der Waals surface area contributed by atoms with Crippen LogP contribution in [0.3, 0.4) is 0 Å². The predicted molar refractivity (Wildman–Crippen MR) is 98.3 cm³/mol. The maximum atomic E-state index is 12.7. The molecular weight excluding hydrogens is 334 g/mol. The minimum atomic E-state index is -0.369. The van der Waals surface area contributed by atoms with Crippen LogP contribution in [0, 0.1) is 0 Å². The molecule has 0 unspecified atom stereocenters. The summed E-state index contributed by atoms with van der Waals surface area (Å²) < 4.78 is 0. The van der Waals surface area contributed by atoms with Crippen LogP contribution in [-0.4, -0.2) is 21.9 Å². The number of anilines is 1. The first-order valence-corrected chi connectivity index (χ1v) is 8.71. The van der Waals surface area contributed by atoms with Gasteiger partial charge in [0, 0.05) is 17.0 Å². The van der Waals surface area contributed by atoms with Crippen LogP contribution in [0.4, 0.5) is 5.13 Å². The summed E-state index contributed by atoms with van der Waals surface area (Å²) in [5.74, 6) is -0.312. The van der Waals surface area contributed by atoms with Crippen LogP contribution in [0.2, 0.25) is 0 Å². The Morgan fingerprint density at radius 3 is 2.20 bits per heavy atom. The second kappa shape index (κ2) is 7.36. The lowest BCUT2D eigenvalue weighted by Gasteiger charge is -2.08. The number of amides is 1. The fraction of sp³-hybridized carbons (Fsp3) is 0.158. The number of hydrogen-bond donors (Lipinski definition) is 1. The topological polar surface area (TPSA) is 72.0 Å². The molecule has 0 atom stereocenters. The molecule has 3 aromatic rings. The number of carbonyl (C=O) groups is 2. The number of rotatable bonds is 5. The summed E-state index contributed by atoms with van der Waals surface area (Å²) in [5.41, 5.74) is 1.22. The largest absolute Gasteiger partial charge is 0.296 e. The number of benzene rings is 2. The van der Waals surface area contributed by atoms with Gasteiger partial charge in [0.15, 0.2) is 5.78 Å². The van der Waals surface area contributed by atoms with E-state index in [0.29, 0.717) is 21.8 Å². The van der Waals surface area contributed by atoms with Crippen molar-refractivity contribution >= 4 is 28.2 Å². The fourth-order valence-electron chi connectivity index (χ4n) is 2.31. The molecule has 0 aliphatic heterocycles. The maximum absolute atomic E-state index is 12.7.